The Kier molecular flexibility index (Phi) is 5.79. The summed E-state index contributed by atoms with van der Waals surface area (Å²) in [4.78, 5) is 26.3. The standard InChI is InChI=1S/C21H23N3O2/c1-16-7-2-3-9-18(16)15-22-23-20(25)12-13-21(26)24-14-6-10-17-8-4-5-11-19(17)24/h2-5,7-9,11,15H,6,10,12-14H2,1H3,(H,23,25)/b22-15+. The van der Waals surface area contributed by atoms with E-state index in [0.717, 1.165) is 29.7 Å². The van der Waals surface area contributed by atoms with E-state index in [1.54, 1.807) is 11.1 Å². The van der Waals surface area contributed by atoms with Crippen molar-refractivity contribution in [3.05, 3.63) is 65.2 Å². The number of benzene rings is 2. The van der Waals surface area contributed by atoms with Gasteiger partial charge in [-0.1, -0.05) is 42.5 Å². The van der Waals surface area contributed by atoms with Crippen LogP contribution in [-0.2, 0) is 16.0 Å². The fraction of sp³-hybridized carbons (Fsp3) is 0.286. The highest BCUT2D eigenvalue weighted by molar-refractivity contribution is 5.96. The van der Waals surface area contributed by atoms with Gasteiger partial charge in [-0.2, -0.15) is 5.10 Å². The molecule has 5 nitrogen and oxygen atoms in total. The smallest absolute Gasteiger partial charge is 0.240 e. The molecule has 0 atom stereocenters. The first kappa shape index (κ1) is 17.9. The summed E-state index contributed by atoms with van der Waals surface area (Å²) in [5.41, 5.74) is 6.70. The van der Waals surface area contributed by atoms with Gasteiger partial charge in [0.1, 0.15) is 0 Å². The maximum Gasteiger partial charge on any atom is 0.240 e. The minimum absolute atomic E-state index is 0.0183. The van der Waals surface area contributed by atoms with Crippen molar-refractivity contribution in [3.63, 3.8) is 0 Å². The van der Waals surface area contributed by atoms with Crippen LogP contribution in [0.3, 0.4) is 0 Å². The summed E-state index contributed by atoms with van der Waals surface area (Å²) < 4.78 is 0. The zero-order chi connectivity index (χ0) is 18.4. The van der Waals surface area contributed by atoms with Crippen LogP contribution in [-0.4, -0.2) is 24.6 Å². The molecule has 2 aromatic carbocycles. The van der Waals surface area contributed by atoms with Gasteiger partial charge in [-0.15, -0.1) is 0 Å². The molecule has 1 aliphatic rings. The Labute approximate surface area is 153 Å². The summed E-state index contributed by atoms with van der Waals surface area (Å²) in [5, 5.41) is 3.98. The average Bonchev–Trinajstić information content (AvgIpc) is 2.67. The zero-order valence-electron chi connectivity index (χ0n) is 14.9. The van der Waals surface area contributed by atoms with Gasteiger partial charge in [0, 0.05) is 25.1 Å². The Hall–Kier alpha value is -2.95. The first-order valence-electron chi connectivity index (χ1n) is 8.91. The number of hydrogen-bond donors (Lipinski definition) is 1. The van der Waals surface area contributed by atoms with Gasteiger partial charge in [-0.25, -0.2) is 5.43 Å². The highest BCUT2D eigenvalue weighted by Gasteiger charge is 2.22. The third kappa shape index (κ3) is 4.36. The van der Waals surface area contributed by atoms with E-state index < -0.39 is 0 Å². The number of rotatable bonds is 5. The SMILES string of the molecule is Cc1ccccc1/C=N/NC(=O)CCC(=O)N1CCCc2ccccc21. The predicted octanol–water partition coefficient (Wildman–Crippen LogP) is 3.20. The quantitative estimate of drug-likeness (QED) is 0.665. The van der Waals surface area contributed by atoms with Gasteiger partial charge in [-0.3, -0.25) is 9.59 Å². The average molecular weight is 349 g/mol. The second-order valence-electron chi connectivity index (χ2n) is 6.43. The molecule has 0 fully saturated rings. The number of hydrogen-bond acceptors (Lipinski definition) is 3. The topological polar surface area (TPSA) is 61.8 Å². The Morgan fingerprint density at radius 1 is 1.12 bits per heavy atom. The first-order valence-corrected chi connectivity index (χ1v) is 8.91. The number of hydrazone groups is 1. The van der Waals surface area contributed by atoms with Crippen LogP contribution in [0.15, 0.2) is 53.6 Å². The lowest BCUT2D eigenvalue weighted by Crippen LogP contribution is -2.36. The number of nitrogens with zero attached hydrogens (tertiary/aromatic N) is 2. The number of anilines is 1. The molecule has 26 heavy (non-hydrogen) atoms. The number of amides is 2. The van der Waals surface area contributed by atoms with Crippen molar-refractivity contribution in [2.24, 2.45) is 5.10 Å². The first-order chi connectivity index (χ1) is 12.6. The maximum absolute atomic E-state index is 12.5. The van der Waals surface area contributed by atoms with E-state index in [-0.39, 0.29) is 24.7 Å². The lowest BCUT2D eigenvalue weighted by Gasteiger charge is -2.29. The van der Waals surface area contributed by atoms with Crippen LogP contribution >= 0.6 is 0 Å². The number of fused-ring (bicyclic) bond motifs is 1. The monoisotopic (exact) mass is 349 g/mol. The lowest BCUT2D eigenvalue weighted by atomic mass is 10.0. The summed E-state index contributed by atoms with van der Waals surface area (Å²) in [6.45, 7) is 2.70. The van der Waals surface area contributed by atoms with Crippen LogP contribution in [0, 0.1) is 6.92 Å². The van der Waals surface area contributed by atoms with Crippen LogP contribution in [0.25, 0.3) is 0 Å². The lowest BCUT2D eigenvalue weighted by molar-refractivity contribution is -0.125. The molecule has 0 aromatic heterocycles. The van der Waals surface area contributed by atoms with Crippen molar-refractivity contribution in [2.75, 3.05) is 11.4 Å². The minimum Gasteiger partial charge on any atom is -0.312 e. The van der Waals surface area contributed by atoms with Crippen molar-refractivity contribution in [1.29, 1.82) is 0 Å². The van der Waals surface area contributed by atoms with Crippen molar-refractivity contribution < 1.29 is 9.59 Å². The molecule has 134 valence electrons. The fourth-order valence-electron chi connectivity index (χ4n) is 3.11. The maximum atomic E-state index is 12.5. The summed E-state index contributed by atoms with van der Waals surface area (Å²) >= 11 is 0. The third-order valence-corrected chi connectivity index (χ3v) is 4.56. The predicted molar refractivity (Wildman–Crippen MR) is 103 cm³/mol. The van der Waals surface area contributed by atoms with Gasteiger partial charge in [0.2, 0.25) is 11.8 Å². The van der Waals surface area contributed by atoms with E-state index in [0.29, 0.717) is 6.54 Å². The van der Waals surface area contributed by atoms with Crippen molar-refractivity contribution in [2.45, 2.75) is 32.6 Å². The Balaban J connectivity index is 1.51. The summed E-state index contributed by atoms with van der Waals surface area (Å²) in [5.74, 6) is -0.274. The van der Waals surface area contributed by atoms with Crippen LogP contribution < -0.4 is 10.3 Å². The summed E-state index contributed by atoms with van der Waals surface area (Å²) in [6, 6.07) is 15.8. The van der Waals surface area contributed by atoms with E-state index in [2.05, 4.69) is 16.6 Å². The minimum atomic E-state index is -0.256. The Morgan fingerprint density at radius 3 is 2.73 bits per heavy atom. The molecule has 2 amide bonds. The molecule has 0 unspecified atom stereocenters. The number of carbonyl (C=O) groups is 2. The molecular formula is C21H23N3O2. The van der Waals surface area contributed by atoms with Crippen molar-refractivity contribution in [1.82, 2.24) is 5.43 Å². The van der Waals surface area contributed by atoms with Crippen molar-refractivity contribution in [3.8, 4) is 0 Å². The van der Waals surface area contributed by atoms with Gasteiger partial charge < -0.3 is 4.90 Å². The number of carbonyl (C=O) groups excluding carboxylic acids is 2. The molecule has 0 aliphatic carbocycles. The third-order valence-electron chi connectivity index (χ3n) is 4.56. The van der Waals surface area contributed by atoms with E-state index in [1.807, 2.05) is 49.4 Å². The normalized spacial score (nSPS) is 13.5. The van der Waals surface area contributed by atoms with E-state index in [9.17, 15) is 9.59 Å². The van der Waals surface area contributed by atoms with Gasteiger partial charge in [0.05, 0.1) is 6.21 Å². The van der Waals surface area contributed by atoms with Crippen LogP contribution in [0.4, 0.5) is 5.69 Å². The highest BCUT2D eigenvalue weighted by atomic mass is 16.2. The highest BCUT2D eigenvalue weighted by Crippen LogP contribution is 2.27. The van der Waals surface area contributed by atoms with E-state index in [4.69, 9.17) is 0 Å². The number of nitrogens with one attached hydrogen (secondary N) is 1. The molecule has 2 aromatic rings. The van der Waals surface area contributed by atoms with E-state index >= 15 is 0 Å². The zero-order valence-corrected chi connectivity index (χ0v) is 14.9. The van der Waals surface area contributed by atoms with Gasteiger partial charge in [0.15, 0.2) is 0 Å². The molecule has 1 aliphatic heterocycles. The van der Waals surface area contributed by atoms with Crippen LogP contribution in [0.5, 0.6) is 0 Å². The fourth-order valence-corrected chi connectivity index (χ4v) is 3.11. The van der Waals surface area contributed by atoms with Gasteiger partial charge in [0.25, 0.3) is 0 Å². The second-order valence-corrected chi connectivity index (χ2v) is 6.43. The molecule has 1 N–H and O–H groups in total. The molecule has 0 spiro atoms. The molecule has 3 rings (SSSR count). The van der Waals surface area contributed by atoms with E-state index in [1.165, 1.54) is 5.56 Å². The second kappa shape index (κ2) is 8.43. The number of para-hydroxylation sites is 1. The molecule has 0 saturated carbocycles. The largest absolute Gasteiger partial charge is 0.312 e. The molecule has 0 radical (unpaired) electrons. The molecule has 1 heterocycles. The molecule has 5 heteroatoms. The summed E-state index contributed by atoms with van der Waals surface area (Å²) in [7, 11) is 0. The molecule has 0 saturated heterocycles. The Morgan fingerprint density at radius 2 is 1.88 bits per heavy atom. The van der Waals surface area contributed by atoms with Crippen LogP contribution in [0.2, 0.25) is 0 Å². The van der Waals surface area contributed by atoms with Gasteiger partial charge >= 0.3 is 0 Å². The number of aryl methyl sites for hydroxylation is 2. The van der Waals surface area contributed by atoms with Crippen molar-refractivity contribution >= 4 is 23.7 Å². The molecule has 0 bridgehead atoms. The molecular weight excluding hydrogens is 326 g/mol. The Bertz CT molecular complexity index is 830. The van der Waals surface area contributed by atoms with Gasteiger partial charge in [-0.05, 0) is 42.5 Å². The summed E-state index contributed by atoms with van der Waals surface area (Å²) in [6.07, 6.45) is 3.88. The van der Waals surface area contributed by atoms with Crippen LogP contribution in [0.1, 0.15) is 36.0 Å².